The number of rotatable bonds is 3. The summed E-state index contributed by atoms with van der Waals surface area (Å²) in [6.45, 7) is 2.76. The van der Waals surface area contributed by atoms with Crippen LogP contribution in [0.25, 0.3) is 21.3 Å². The molecule has 1 aliphatic carbocycles. The minimum absolute atomic E-state index is 0.168. The Labute approximate surface area is 178 Å². The molecule has 29 heavy (non-hydrogen) atoms. The van der Waals surface area contributed by atoms with Gasteiger partial charge in [0.25, 0.3) is 0 Å². The van der Waals surface area contributed by atoms with E-state index in [0.717, 1.165) is 45.5 Å². The number of aromatic nitrogens is 2. The first-order chi connectivity index (χ1) is 14.0. The van der Waals surface area contributed by atoms with Crippen LogP contribution in [0.15, 0.2) is 18.2 Å². The normalized spacial score (nSPS) is 19.0. The molecule has 2 aliphatic rings. The fraction of sp³-hybridized carbons (Fsp3) is 0.409. The number of anilines is 1. The number of halogens is 1. The Hall–Kier alpha value is -2.18. The van der Waals surface area contributed by atoms with Crippen LogP contribution in [0.5, 0.6) is 0 Å². The van der Waals surface area contributed by atoms with Gasteiger partial charge in [0.15, 0.2) is 0 Å². The van der Waals surface area contributed by atoms with Crippen molar-refractivity contribution >= 4 is 44.9 Å². The average Bonchev–Trinajstić information content (AvgIpc) is 3.31. The second-order valence-corrected chi connectivity index (χ2v) is 9.45. The van der Waals surface area contributed by atoms with Gasteiger partial charge in [-0.3, -0.25) is 0 Å². The maximum atomic E-state index is 11.8. The molecule has 1 atom stereocenters. The summed E-state index contributed by atoms with van der Waals surface area (Å²) < 4.78 is 0. The molecule has 3 heterocycles. The molecule has 2 aromatic heterocycles. The standard InChI is InChI=1S/C22H22ClN3O2S/c1-12-17(15-9-8-13-5-2-3-6-14(13)11-15)18-19(24-22(23)25-20(18)29-12)26-10-4-7-16(26)21(27)28/h8-9,11,16H,2-7,10H2,1H3,(H,27,28). The summed E-state index contributed by atoms with van der Waals surface area (Å²) in [6.07, 6.45) is 6.21. The Balaban J connectivity index is 1.73. The number of thiophene rings is 1. The number of benzene rings is 1. The highest BCUT2D eigenvalue weighted by Gasteiger charge is 2.34. The summed E-state index contributed by atoms with van der Waals surface area (Å²) in [6, 6.07) is 6.18. The molecule has 1 N–H and O–H groups in total. The van der Waals surface area contributed by atoms with Crippen molar-refractivity contribution < 1.29 is 9.90 Å². The van der Waals surface area contributed by atoms with Gasteiger partial charge in [0.2, 0.25) is 5.28 Å². The zero-order valence-corrected chi connectivity index (χ0v) is 17.8. The van der Waals surface area contributed by atoms with E-state index in [-0.39, 0.29) is 5.28 Å². The molecular weight excluding hydrogens is 406 g/mol. The van der Waals surface area contributed by atoms with Crippen LogP contribution in [-0.2, 0) is 17.6 Å². The van der Waals surface area contributed by atoms with Crippen molar-refractivity contribution in [1.82, 2.24) is 9.97 Å². The molecule has 1 fully saturated rings. The smallest absolute Gasteiger partial charge is 0.326 e. The van der Waals surface area contributed by atoms with E-state index in [1.165, 1.54) is 24.0 Å². The van der Waals surface area contributed by atoms with Crippen molar-refractivity contribution in [2.45, 2.75) is 51.5 Å². The third kappa shape index (κ3) is 3.19. The lowest BCUT2D eigenvalue weighted by Crippen LogP contribution is -2.36. The van der Waals surface area contributed by atoms with Gasteiger partial charge in [-0.05, 0) is 73.7 Å². The van der Waals surface area contributed by atoms with Gasteiger partial charge >= 0.3 is 5.97 Å². The van der Waals surface area contributed by atoms with E-state index in [2.05, 4.69) is 35.1 Å². The second-order valence-electron chi connectivity index (χ2n) is 7.91. The lowest BCUT2D eigenvalue weighted by molar-refractivity contribution is -0.138. The maximum absolute atomic E-state index is 11.8. The van der Waals surface area contributed by atoms with Crippen LogP contribution < -0.4 is 4.90 Å². The van der Waals surface area contributed by atoms with Crippen molar-refractivity contribution in [3.8, 4) is 11.1 Å². The molecular formula is C22H22ClN3O2S. The van der Waals surface area contributed by atoms with Crippen LogP contribution in [-0.4, -0.2) is 33.6 Å². The third-order valence-corrected chi connectivity index (χ3v) is 7.30. The first-order valence-corrected chi connectivity index (χ1v) is 11.3. The number of aryl methyl sites for hydroxylation is 3. The molecule has 0 amide bonds. The fourth-order valence-electron chi connectivity index (χ4n) is 4.79. The van der Waals surface area contributed by atoms with E-state index in [4.69, 9.17) is 11.6 Å². The van der Waals surface area contributed by atoms with Gasteiger partial charge in [-0.15, -0.1) is 11.3 Å². The van der Waals surface area contributed by atoms with Crippen molar-refractivity contribution in [2.75, 3.05) is 11.4 Å². The molecule has 0 saturated carbocycles. The second kappa shape index (κ2) is 7.26. The SMILES string of the molecule is Cc1sc2nc(Cl)nc(N3CCCC3C(=O)O)c2c1-c1ccc2c(c1)CCCC2. The van der Waals surface area contributed by atoms with Crippen molar-refractivity contribution in [2.24, 2.45) is 0 Å². The zero-order chi connectivity index (χ0) is 20.1. The molecule has 5 rings (SSSR count). The summed E-state index contributed by atoms with van der Waals surface area (Å²) in [5.41, 5.74) is 5.14. The van der Waals surface area contributed by atoms with Gasteiger partial charge in [-0.25, -0.2) is 9.78 Å². The van der Waals surface area contributed by atoms with E-state index >= 15 is 0 Å². The van der Waals surface area contributed by atoms with Crippen LogP contribution in [0.2, 0.25) is 5.28 Å². The van der Waals surface area contributed by atoms with Gasteiger partial charge in [0.05, 0.1) is 5.39 Å². The van der Waals surface area contributed by atoms with Gasteiger partial charge in [0, 0.05) is 17.0 Å². The molecule has 1 unspecified atom stereocenters. The maximum Gasteiger partial charge on any atom is 0.326 e. The molecule has 5 nitrogen and oxygen atoms in total. The largest absolute Gasteiger partial charge is 0.480 e. The van der Waals surface area contributed by atoms with Gasteiger partial charge in [0.1, 0.15) is 16.7 Å². The number of carboxylic acids is 1. The Morgan fingerprint density at radius 1 is 1.21 bits per heavy atom. The van der Waals surface area contributed by atoms with Gasteiger partial charge in [-0.1, -0.05) is 18.2 Å². The lowest BCUT2D eigenvalue weighted by atomic mass is 9.89. The number of aliphatic carboxylic acids is 1. The molecule has 1 aromatic carbocycles. The van der Waals surface area contributed by atoms with Crippen molar-refractivity contribution in [3.05, 3.63) is 39.5 Å². The highest BCUT2D eigenvalue weighted by atomic mass is 35.5. The lowest BCUT2D eigenvalue weighted by Gasteiger charge is -2.24. The summed E-state index contributed by atoms with van der Waals surface area (Å²) >= 11 is 7.84. The minimum Gasteiger partial charge on any atom is -0.480 e. The predicted octanol–water partition coefficient (Wildman–Crippen LogP) is 5.25. The number of hydrogen-bond donors (Lipinski definition) is 1. The molecule has 1 aliphatic heterocycles. The Kier molecular flexibility index (Phi) is 4.71. The average molecular weight is 428 g/mol. The zero-order valence-electron chi connectivity index (χ0n) is 16.2. The number of nitrogens with zero attached hydrogens (tertiary/aromatic N) is 3. The molecule has 0 radical (unpaired) electrons. The number of carbonyl (C=O) groups is 1. The summed E-state index contributed by atoms with van der Waals surface area (Å²) in [5.74, 6) is -0.158. The number of hydrogen-bond acceptors (Lipinski definition) is 5. The van der Waals surface area contributed by atoms with Gasteiger partial charge in [-0.2, -0.15) is 4.98 Å². The highest BCUT2D eigenvalue weighted by molar-refractivity contribution is 7.19. The molecule has 3 aromatic rings. The fourth-order valence-corrected chi connectivity index (χ4v) is 6.04. The van der Waals surface area contributed by atoms with Crippen LogP contribution in [0.1, 0.15) is 41.7 Å². The molecule has 150 valence electrons. The Morgan fingerprint density at radius 2 is 2.00 bits per heavy atom. The van der Waals surface area contributed by atoms with Crippen LogP contribution in [0, 0.1) is 6.92 Å². The monoisotopic (exact) mass is 427 g/mol. The van der Waals surface area contributed by atoms with Crippen LogP contribution in [0.3, 0.4) is 0 Å². The first-order valence-electron chi connectivity index (χ1n) is 10.1. The van der Waals surface area contributed by atoms with Crippen LogP contribution in [0.4, 0.5) is 5.82 Å². The van der Waals surface area contributed by atoms with E-state index in [9.17, 15) is 9.90 Å². The molecule has 1 saturated heterocycles. The van der Waals surface area contributed by atoms with Crippen LogP contribution >= 0.6 is 22.9 Å². The highest BCUT2D eigenvalue weighted by Crippen LogP contribution is 2.44. The van der Waals surface area contributed by atoms with Crippen molar-refractivity contribution in [3.63, 3.8) is 0 Å². The van der Waals surface area contributed by atoms with Gasteiger partial charge < -0.3 is 10.0 Å². The van der Waals surface area contributed by atoms with E-state index in [0.29, 0.717) is 18.8 Å². The molecule has 7 heteroatoms. The van der Waals surface area contributed by atoms with E-state index in [1.807, 2.05) is 4.90 Å². The quantitative estimate of drug-likeness (QED) is 0.578. The predicted molar refractivity (Wildman–Crippen MR) is 117 cm³/mol. The topological polar surface area (TPSA) is 66.3 Å². The number of carboxylic acid groups (broad SMARTS) is 1. The summed E-state index contributed by atoms with van der Waals surface area (Å²) in [7, 11) is 0. The Morgan fingerprint density at radius 3 is 2.79 bits per heavy atom. The molecule has 0 spiro atoms. The molecule has 0 bridgehead atoms. The van der Waals surface area contributed by atoms with Crippen molar-refractivity contribution in [1.29, 1.82) is 0 Å². The summed E-state index contributed by atoms with van der Waals surface area (Å²) in [5, 5.41) is 10.8. The summed E-state index contributed by atoms with van der Waals surface area (Å²) in [4.78, 5) is 24.7. The first kappa shape index (κ1) is 18.8. The van der Waals surface area contributed by atoms with E-state index in [1.54, 1.807) is 11.3 Å². The third-order valence-electron chi connectivity index (χ3n) is 6.13. The Bertz CT molecular complexity index is 1130. The number of fused-ring (bicyclic) bond motifs is 2. The van der Waals surface area contributed by atoms with E-state index < -0.39 is 12.0 Å². The minimum atomic E-state index is -0.812.